The molecule has 0 amide bonds. The molecule has 0 heterocycles. The van der Waals surface area contributed by atoms with Crippen molar-refractivity contribution >= 4 is 106 Å². The quantitative estimate of drug-likeness (QED) is 0.110. The molecule has 0 radical (unpaired) electrons. The topological polar surface area (TPSA) is 28.2 Å². The van der Waals surface area contributed by atoms with Crippen LogP contribution in [0.25, 0.3) is 10.6 Å². The maximum absolute atomic E-state index is 6.42. The van der Waals surface area contributed by atoms with Gasteiger partial charge in [0.15, 0.2) is 0 Å². The maximum atomic E-state index is 6.42. The predicted molar refractivity (Wildman–Crippen MR) is 159 cm³/mol. The van der Waals surface area contributed by atoms with E-state index in [9.17, 15) is 0 Å². The van der Waals surface area contributed by atoms with Gasteiger partial charge in [-0.25, -0.2) is 0 Å². The van der Waals surface area contributed by atoms with E-state index in [0.717, 1.165) is 0 Å². The van der Waals surface area contributed by atoms with Crippen LogP contribution in [0.1, 0.15) is 23.2 Å². The van der Waals surface area contributed by atoms with E-state index in [0.29, 0.717) is 32.3 Å². The Morgan fingerprint density at radius 1 is 0.514 bits per heavy atom. The predicted octanol–water partition coefficient (Wildman–Crippen LogP) is 11.6. The SMILES string of the molecule is [Ni].[S-]c1ccccc1[N-]C(c1cc(Cl)c(Cl)c(Cl)c1)C([N-]c1ccccc1[S-])c1cc(Cl)c(Cl)c(Cl)c1. The Labute approximate surface area is 267 Å². The molecule has 0 fully saturated rings. The second kappa shape index (κ2) is 13.5. The van der Waals surface area contributed by atoms with Gasteiger partial charge in [0.25, 0.3) is 0 Å². The molecular weight excluding hydrogens is 676 g/mol. The van der Waals surface area contributed by atoms with Crippen molar-refractivity contribution in [1.82, 2.24) is 0 Å². The Balaban J connectivity index is 0.00000380. The van der Waals surface area contributed by atoms with Crippen molar-refractivity contribution in [2.24, 2.45) is 0 Å². The molecule has 4 aromatic carbocycles. The van der Waals surface area contributed by atoms with Crippen molar-refractivity contribution in [3.63, 3.8) is 0 Å². The van der Waals surface area contributed by atoms with Gasteiger partial charge in [0.1, 0.15) is 0 Å². The Bertz CT molecular complexity index is 1270. The third-order valence-corrected chi connectivity index (χ3v) is 8.37. The molecule has 4 rings (SSSR count). The van der Waals surface area contributed by atoms with E-state index >= 15 is 0 Å². The van der Waals surface area contributed by atoms with Gasteiger partial charge in [-0.15, -0.1) is 12.1 Å². The van der Waals surface area contributed by atoms with Crippen LogP contribution in [-0.4, -0.2) is 0 Å². The number of hydrogen-bond acceptors (Lipinski definition) is 2. The maximum Gasteiger partial charge on any atom is 0.0778 e. The van der Waals surface area contributed by atoms with Crippen molar-refractivity contribution in [3.05, 3.63) is 125 Å². The van der Waals surface area contributed by atoms with Gasteiger partial charge in [0.2, 0.25) is 0 Å². The summed E-state index contributed by atoms with van der Waals surface area (Å²) < 4.78 is 0. The minimum absolute atomic E-state index is 0. The molecule has 0 aromatic heterocycles. The van der Waals surface area contributed by atoms with Crippen LogP contribution in [0.3, 0.4) is 0 Å². The van der Waals surface area contributed by atoms with E-state index in [4.69, 9.17) is 105 Å². The van der Waals surface area contributed by atoms with Crippen molar-refractivity contribution in [2.75, 3.05) is 0 Å². The van der Waals surface area contributed by atoms with Gasteiger partial charge in [-0.05, 0) is 24.3 Å². The molecule has 0 aliphatic carbocycles. The minimum Gasteiger partial charge on any atom is -0.781 e. The van der Waals surface area contributed by atoms with Gasteiger partial charge in [-0.1, -0.05) is 129 Å². The summed E-state index contributed by atoms with van der Waals surface area (Å²) in [6, 6.07) is 20.2. The monoisotopic (exact) mass is 686 g/mol. The molecule has 2 nitrogen and oxygen atoms in total. The van der Waals surface area contributed by atoms with Crippen LogP contribution in [0.4, 0.5) is 11.4 Å². The molecule has 0 saturated carbocycles. The van der Waals surface area contributed by atoms with E-state index in [1.54, 1.807) is 36.4 Å². The van der Waals surface area contributed by atoms with Crippen molar-refractivity contribution < 1.29 is 16.5 Å². The van der Waals surface area contributed by atoms with Gasteiger partial charge in [0, 0.05) is 16.5 Å². The average Bonchev–Trinajstić information content (AvgIpc) is 2.84. The summed E-state index contributed by atoms with van der Waals surface area (Å²) in [6.45, 7) is 0. The molecule has 11 heteroatoms. The zero-order chi connectivity index (χ0) is 26.0. The standard InChI is InChI=1S/C26H16Cl6N2S2.Ni/c27-15-9-13(10-16(28)23(15)31)25(33-19-5-1-3-7-21(19)35)26(34-20-6-2-4-8-22(20)36)14-11-17(29)24(32)18(30)12-14;/h1-12,25-26,35-36H;/q-2;/p-2. The number of nitrogens with zero attached hydrogens (tertiary/aromatic N) is 2. The number of para-hydroxylation sites is 2. The van der Waals surface area contributed by atoms with Crippen LogP contribution in [0, 0.1) is 0 Å². The molecule has 2 atom stereocenters. The first-order valence-electron chi connectivity index (χ1n) is 10.4. The summed E-state index contributed by atoms with van der Waals surface area (Å²) in [6.07, 6.45) is 0. The second-order valence-corrected chi connectivity index (χ2v) is 10.9. The van der Waals surface area contributed by atoms with Crippen molar-refractivity contribution in [3.8, 4) is 0 Å². The smallest absolute Gasteiger partial charge is 0.0778 e. The average molecular weight is 690 g/mol. The number of halogens is 6. The molecule has 0 aliphatic heterocycles. The Morgan fingerprint density at radius 2 is 0.811 bits per heavy atom. The number of rotatable bonds is 7. The molecule has 0 spiro atoms. The first-order valence-corrected chi connectivity index (χ1v) is 13.5. The van der Waals surface area contributed by atoms with Crippen LogP contribution in [0.2, 0.25) is 30.1 Å². The third-order valence-electron chi connectivity index (χ3n) is 5.28. The van der Waals surface area contributed by atoms with E-state index in [1.807, 2.05) is 36.4 Å². The van der Waals surface area contributed by atoms with Gasteiger partial charge in [0.05, 0.1) is 30.1 Å². The first kappa shape index (κ1) is 30.7. The fourth-order valence-electron chi connectivity index (χ4n) is 3.57. The fourth-order valence-corrected chi connectivity index (χ4v) is 5.20. The van der Waals surface area contributed by atoms with Gasteiger partial charge in [-0.2, -0.15) is 21.2 Å². The fraction of sp³-hybridized carbons (Fsp3) is 0.0769. The molecule has 37 heavy (non-hydrogen) atoms. The summed E-state index contributed by atoms with van der Waals surface area (Å²) in [5.41, 5.74) is 2.51. The second-order valence-electron chi connectivity index (χ2n) is 7.68. The molecule has 0 aliphatic rings. The Kier molecular flexibility index (Phi) is 11.2. The van der Waals surface area contributed by atoms with Crippen LogP contribution < -0.4 is 0 Å². The van der Waals surface area contributed by atoms with E-state index in [1.165, 1.54) is 0 Å². The van der Waals surface area contributed by atoms with Crippen molar-refractivity contribution in [2.45, 2.75) is 21.9 Å². The summed E-state index contributed by atoms with van der Waals surface area (Å²) in [5, 5.41) is 11.6. The first-order chi connectivity index (χ1) is 17.2. The molecule has 0 N–H and O–H groups in total. The molecule has 4 aromatic rings. The summed E-state index contributed by atoms with van der Waals surface area (Å²) in [7, 11) is 0. The molecule has 2 unspecified atom stereocenters. The molecule has 0 saturated heterocycles. The van der Waals surface area contributed by atoms with Crippen molar-refractivity contribution in [1.29, 1.82) is 0 Å². The molecule has 0 bridgehead atoms. The Morgan fingerprint density at radius 3 is 1.11 bits per heavy atom. The zero-order valence-corrected chi connectivity index (χ0v) is 25.5. The van der Waals surface area contributed by atoms with E-state index < -0.39 is 12.1 Å². The number of benzene rings is 4. The third kappa shape index (κ3) is 7.22. The summed E-state index contributed by atoms with van der Waals surface area (Å²) >= 11 is 49.2. The largest absolute Gasteiger partial charge is 0.781 e. The minimum atomic E-state index is -0.663. The normalized spacial score (nSPS) is 12.4. The summed E-state index contributed by atoms with van der Waals surface area (Å²) in [5.74, 6) is 0. The Hall–Kier alpha value is -0.846. The van der Waals surface area contributed by atoms with Crippen LogP contribution in [0.5, 0.6) is 0 Å². The van der Waals surface area contributed by atoms with Gasteiger partial charge >= 0.3 is 0 Å². The zero-order valence-electron chi connectivity index (χ0n) is 18.4. The molecular formula is C26H14Cl6N2NiS2-4. The number of hydrogen-bond donors (Lipinski definition) is 0. The van der Waals surface area contributed by atoms with E-state index in [-0.39, 0.29) is 46.6 Å². The summed E-state index contributed by atoms with van der Waals surface area (Å²) in [4.78, 5) is 1.14. The molecule has 196 valence electrons. The van der Waals surface area contributed by atoms with Gasteiger partial charge < -0.3 is 35.9 Å². The van der Waals surface area contributed by atoms with Crippen LogP contribution in [-0.2, 0) is 41.7 Å². The van der Waals surface area contributed by atoms with Crippen LogP contribution >= 0.6 is 69.6 Å². The van der Waals surface area contributed by atoms with Gasteiger partial charge in [-0.3, -0.25) is 0 Å². The van der Waals surface area contributed by atoms with Crippen LogP contribution in [0.15, 0.2) is 82.6 Å². The van der Waals surface area contributed by atoms with E-state index in [2.05, 4.69) is 0 Å².